The summed E-state index contributed by atoms with van der Waals surface area (Å²) in [6.45, 7) is 0. The highest BCUT2D eigenvalue weighted by Crippen LogP contribution is 2.41. The van der Waals surface area contributed by atoms with Crippen molar-refractivity contribution in [1.29, 1.82) is 0 Å². The van der Waals surface area contributed by atoms with Gasteiger partial charge in [-0.1, -0.05) is 11.6 Å². The van der Waals surface area contributed by atoms with Crippen LogP contribution in [0.3, 0.4) is 0 Å². The van der Waals surface area contributed by atoms with Gasteiger partial charge in [0.1, 0.15) is 5.75 Å². The number of aliphatic hydroxyl groups excluding tert-OH is 1. The van der Waals surface area contributed by atoms with Gasteiger partial charge in [-0.2, -0.15) is 0 Å². The van der Waals surface area contributed by atoms with E-state index >= 15 is 0 Å². The molecule has 1 aromatic rings. The molecule has 0 aliphatic heterocycles. The first-order valence-electron chi connectivity index (χ1n) is 5.25. The zero-order valence-electron chi connectivity index (χ0n) is 9.70. The molecule has 0 saturated heterocycles. The molecule has 0 heterocycles. The van der Waals surface area contributed by atoms with Crippen LogP contribution >= 0.6 is 11.6 Å². The van der Waals surface area contributed by atoms with Crippen molar-refractivity contribution >= 4 is 11.6 Å². The lowest BCUT2D eigenvalue weighted by Crippen LogP contribution is -2.27. The Morgan fingerprint density at radius 1 is 1.44 bits per heavy atom. The summed E-state index contributed by atoms with van der Waals surface area (Å²) in [5.41, 5.74) is 2.14. The number of methoxy groups -OCH3 is 1. The van der Waals surface area contributed by atoms with E-state index in [2.05, 4.69) is 0 Å². The Morgan fingerprint density at radius 3 is 2.69 bits per heavy atom. The van der Waals surface area contributed by atoms with E-state index in [0.29, 0.717) is 11.4 Å². The SMILES string of the molecule is COc1cc(Cl)cc2c1C[C@@H](O)[C@@H]2N(C)C. The maximum Gasteiger partial charge on any atom is 0.123 e. The highest BCUT2D eigenvalue weighted by Gasteiger charge is 2.34. The molecule has 3 nitrogen and oxygen atoms in total. The molecule has 0 unspecified atom stereocenters. The van der Waals surface area contributed by atoms with Gasteiger partial charge in [0.25, 0.3) is 0 Å². The van der Waals surface area contributed by atoms with Crippen LogP contribution in [0.2, 0.25) is 5.02 Å². The summed E-state index contributed by atoms with van der Waals surface area (Å²) >= 11 is 6.04. The summed E-state index contributed by atoms with van der Waals surface area (Å²) in [5.74, 6) is 0.769. The van der Waals surface area contributed by atoms with Gasteiger partial charge in [0.2, 0.25) is 0 Å². The number of fused-ring (bicyclic) bond motifs is 1. The molecule has 0 aromatic heterocycles. The van der Waals surface area contributed by atoms with E-state index in [0.717, 1.165) is 16.9 Å². The summed E-state index contributed by atoms with van der Waals surface area (Å²) in [4.78, 5) is 2.01. The maximum absolute atomic E-state index is 10.1. The quantitative estimate of drug-likeness (QED) is 0.858. The van der Waals surface area contributed by atoms with E-state index in [-0.39, 0.29) is 6.04 Å². The molecular weight excluding hydrogens is 226 g/mol. The molecule has 0 saturated carbocycles. The molecule has 1 N–H and O–H groups in total. The number of benzene rings is 1. The van der Waals surface area contributed by atoms with Crippen molar-refractivity contribution in [2.24, 2.45) is 0 Å². The number of rotatable bonds is 2. The monoisotopic (exact) mass is 241 g/mol. The van der Waals surface area contributed by atoms with Crippen molar-refractivity contribution in [3.8, 4) is 5.75 Å². The standard InChI is InChI=1S/C12H16ClNO2/c1-14(2)12-9-4-7(13)5-11(16-3)8(9)6-10(12)15/h4-5,10,12,15H,6H2,1-3H3/t10-,12-/m1/s1. The third kappa shape index (κ3) is 1.79. The minimum atomic E-state index is -0.391. The third-order valence-corrected chi connectivity index (χ3v) is 3.30. The van der Waals surface area contributed by atoms with Crippen LogP contribution in [0.15, 0.2) is 12.1 Å². The van der Waals surface area contributed by atoms with E-state index in [1.54, 1.807) is 13.2 Å². The first-order chi connectivity index (χ1) is 7.54. The number of ether oxygens (including phenoxy) is 1. The Kier molecular flexibility index (Phi) is 3.10. The second-order valence-corrected chi connectivity index (χ2v) is 4.79. The molecule has 0 radical (unpaired) electrons. The smallest absolute Gasteiger partial charge is 0.123 e. The fourth-order valence-corrected chi connectivity index (χ4v) is 2.66. The lowest BCUT2D eigenvalue weighted by molar-refractivity contribution is 0.0901. The van der Waals surface area contributed by atoms with Crippen molar-refractivity contribution < 1.29 is 9.84 Å². The first-order valence-corrected chi connectivity index (χ1v) is 5.63. The van der Waals surface area contributed by atoms with Crippen molar-refractivity contribution in [3.05, 3.63) is 28.3 Å². The maximum atomic E-state index is 10.1. The Hall–Kier alpha value is -0.770. The number of likely N-dealkylation sites (N-methyl/N-ethyl adjacent to an activating group) is 1. The van der Waals surface area contributed by atoms with Crippen LogP contribution in [0.1, 0.15) is 17.2 Å². The normalized spacial score (nSPS) is 23.6. The molecule has 16 heavy (non-hydrogen) atoms. The largest absolute Gasteiger partial charge is 0.496 e. The third-order valence-electron chi connectivity index (χ3n) is 3.08. The Bertz CT molecular complexity index is 406. The minimum Gasteiger partial charge on any atom is -0.496 e. The highest BCUT2D eigenvalue weighted by molar-refractivity contribution is 6.30. The number of hydrogen-bond donors (Lipinski definition) is 1. The summed E-state index contributed by atoms with van der Waals surface area (Å²) in [5, 5.41) is 10.7. The minimum absolute atomic E-state index is 0.00241. The van der Waals surface area contributed by atoms with Crippen LogP contribution in [0.5, 0.6) is 5.75 Å². The predicted octanol–water partition coefficient (Wildman–Crippen LogP) is 1.87. The average molecular weight is 242 g/mol. The van der Waals surface area contributed by atoms with E-state index in [9.17, 15) is 5.11 Å². The fourth-order valence-electron chi connectivity index (χ4n) is 2.45. The lowest BCUT2D eigenvalue weighted by Gasteiger charge is -2.23. The summed E-state index contributed by atoms with van der Waals surface area (Å²) < 4.78 is 5.30. The van der Waals surface area contributed by atoms with Crippen LogP contribution in [-0.2, 0) is 6.42 Å². The van der Waals surface area contributed by atoms with Crippen molar-refractivity contribution in [2.45, 2.75) is 18.6 Å². The Balaban J connectivity index is 2.53. The van der Waals surface area contributed by atoms with Gasteiger partial charge in [-0.05, 0) is 31.8 Å². The van der Waals surface area contributed by atoms with E-state index in [4.69, 9.17) is 16.3 Å². The Labute approximate surface area is 101 Å². The Morgan fingerprint density at radius 2 is 2.12 bits per heavy atom. The molecule has 0 bridgehead atoms. The van der Waals surface area contributed by atoms with Gasteiger partial charge in [-0.25, -0.2) is 0 Å². The molecule has 0 spiro atoms. The highest BCUT2D eigenvalue weighted by atomic mass is 35.5. The fraction of sp³-hybridized carbons (Fsp3) is 0.500. The van der Waals surface area contributed by atoms with E-state index in [1.807, 2.05) is 25.1 Å². The molecule has 88 valence electrons. The van der Waals surface area contributed by atoms with Crippen molar-refractivity contribution in [1.82, 2.24) is 4.90 Å². The molecule has 2 rings (SSSR count). The zero-order chi connectivity index (χ0) is 11.9. The average Bonchev–Trinajstić information content (AvgIpc) is 2.52. The number of hydrogen-bond acceptors (Lipinski definition) is 3. The van der Waals surface area contributed by atoms with Crippen LogP contribution < -0.4 is 4.74 Å². The van der Waals surface area contributed by atoms with Gasteiger partial charge >= 0.3 is 0 Å². The summed E-state index contributed by atoms with van der Waals surface area (Å²) in [6.07, 6.45) is 0.232. The van der Waals surface area contributed by atoms with Crippen molar-refractivity contribution in [3.63, 3.8) is 0 Å². The molecule has 4 heteroatoms. The van der Waals surface area contributed by atoms with Gasteiger partial charge in [-0.3, -0.25) is 0 Å². The van der Waals surface area contributed by atoms with Crippen LogP contribution in [0.25, 0.3) is 0 Å². The number of halogens is 1. The summed E-state index contributed by atoms with van der Waals surface area (Å²) in [7, 11) is 5.54. The molecule has 2 atom stereocenters. The van der Waals surface area contributed by atoms with Gasteiger partial charge in [0.05, 0.1) is 19.3 Å². The topological polar surface area (TPSA) is 32.7 Å². The summed E-state index contributed by atoms with van der Waals surface area (Å²) in [6, 6.07) is 3.72. The molecule has 0 fully saturated rings. The van der Waals surface area contributed by atoms with Crippen LogP contribution in [0, 0.1) is 0 Å². The second-order valence-electron chi connectivity index (χ2n) is 4.36. The number of nitrogens with zero attached hydrogens (tertiary/aromatic N) is 1. The molecular formula is C12H16ClNO2. The lowest BCUT2D eigenvalue weighted by atomic mass is 10.1. The van der Waals surface area contributed by atoms with Crippen molar-refractivity contribution in [2.75, 3.05) is 21.2 Å². The molecule has 1 aromatic carbocycles. The zero-order valence-corrected chi connectivity index (χ0v) is 10.5. The molecule has 1 aliphatic carbocycles. The second kappa shape index (κ2) is 4.24. The van der Waals surface area contributed by atoms with Crippen LogP contribution in [0.4, 0.5) is 0 Å². The van der Waals surface area contributed by atoms with Gasteiger partial charge < -0.3 is 14.7 Å². The number of aliphatic hydroxyl groups is 1. The van der Waals surface area contributed by atoms with Crippen LogP contribution in [-0.4, -0.2) is 37.3 Å². The van der Waals surface area contributed by atoms with E-state index in [1.165, 1.54) is 0 Å². The molecule has 1 aliphatic rings. The van der Waals surface area contributed by atoms with Gasteiger partial charge in [0, 0.05) is 17.0 Å². The van der Waals surface area contributed by atoms with Gasteiger partial charge in [-0.15, -0.1) is 0 Å². The predicted molar refractivity (Wildman–Crippen MR) is 64.1 cm³/mol. The molecule has 0 amide bonds. The first kappa shape index (κ1) is 11.7. The van der Waals surface area contributed by atoms with E-state index < -0.39 is 6.10 Å². The van der Waals surface area contributed by atoms with Gasteiger partial charge in [0.15, 0.2) is 0 Å².